The molecule has 136 valence electrons. The fourth-order valence-electron chi connectivity index (χ4n) is 2.04. The summed E-state index contributed by atoms with van der Waals surface area (Å²) in [4.78, 5) is 11.8. The summed E-state index contributed by atoms with van der Waals surface area (Å²) in [6.45, 7) is 5.45. The number of methoxy groups -OCH3 is 2. The molecule has 0 amide bonds. The van der Waals surface area contributed by atoms with Crippen molar-refractivity contribution in [3.05, 3.63) is 18.2 Å². The Bertz CT molecular complexity index is 755. The van der Waals surface area contributed by atoms with E-state index in [1.807, 2.05) is 20.8 Å². The minimum Gasteiger partial charge on any atom is -0.493 e. The van der Waals surface area contributed by atoms with Crippen LogP contribution in [-0.4, -0.2) is 46.4 Å². The first-order valence-corrected chi connectivity index (χ1v) is 8.51. The predicted molar refractivity (Wildman–Crippen MR) is 95.3 cm³/mol. The molecule has 0 aliphatic heterocycles. The van der Waals surface area contributed by atoms with Crippen molar-refractivity contribution in [2.45, 2.75) is 31.5 Å². The molecule has 0 aliphatic rings. The van der Waals surface area contributed by atoms with E-state index < -0.39 is 5.60 Å². The molecule has 2 N–H and O–H groups in total. The van der Waals surface area contributed by atoms with Gasteiger partial charge >= 0.3 is 5.97 Å². The number of esters is 1. The molecule has 0 aliphatic carbocycles. The Morgan fingerprint density at radius 2 is 1.88 bits per heavy atom. The maximum absolute atomic E-state index is 11.8. The van der Waals surface area contributed by atoms with Gasteiger partial charge in [0.05, 0.1) is 20.0 Å². The van der Waals surface area contributed by atoms with Crippen molar-refractivity contribution in [3.63, 3.8) is 0 Å². The van der Waals surface area contributed by atoms with E-state index in [1.54, 1.807) is 32.4 Å². The van der Waals surface area contributed by atoms with Gasteiger partial charge in [-0.25, -0.2) is 4.68 Å². The van der Waals surface area contributed by atoms with Crippen LogP contribution < -0.4 is 15.3 Å². The fourth-order valence-corrected chi connectivity index (χ4v) is 2.67. The van der Waals surface area contributed by atoms with Gasteiger partial charge in [0, 0.05) is 5.56 Å². The first kappa shape index (κ1) is 18.9. The molecule has 0 atom stereocenters. The highest BCUT2D eigenvalue weighted by Gasteiger charge is 2.19. The van der Waals surface area contributed by atoms with Crippen LogP contribution >= 0.6 is 11.8 Å². The molecule has 0 spiro atoms. The summed E-state index contributed by atoms with van der Waals surface area (Å²) in [5.74, 6) is 7.43. The third kappa shape index (κ3) is 4.79. The zero-order valence-electron chi connectivity index (χ0n) is 14.9. The molecule has 1 aromatic carbocycles. The molecule has 1 aromatic heterocycles. The van der Waals surface area contributed by atoms with Gasteiger partial charge in [-0.2, -0.15) is 0 Å². The van der Waals surface area contributed by atoms with Gasteiger partial charge in [0.25, 0.3) is 0 Å². The maximum Gasteiger partial charge on any atom is 0.316 e. The van der Waals surface area contributed by atoms with Crippen LogP contribution in [0.3, 0.4) is 0 Å². The van der Waals surface area contributed by atoms with Gasteiger partial charge in [0.1, 0.15) is 5.60 Å². The van der Waals surface area contributed by atoms with Crippen molar-refractivity contribution in [2.24, 2.45) is 0 Å². The number of thioether (sulfide) groups is 1. The van der Waals surface area contributed by atoms with Crippen LogP contribution in [0.5, 0.6) is 11.5 Å². The third-order valence-corrected chi connectivity index (χ3v) is 3.96. The number of aromatic nitrogens is 3. The molecule has 2 rings (SSSR count). The third-order valence-electron chi connectivity index (χ3n) is 3.05. The number of ether oxygens (including phenoxy) is 3. The van der Waals surface area contributed by atoms with Gasteiger partial charge in [-0.1, -0.05) is 11.8 Å². The van der Waals surface area contributed by atoms with E-state index >= 15 is 0 Å². The Morgan fingerprint density at radius 3 is 2.48 bits per heavy atom. The minimum atomic E-state index is -0.529. The van der Waals surface area contributed by atoms with E-state index in [9.17, 15) is 4.79 Å². The number of carbonyl (C=O) groups is 1. The summed E-state index contributed by atoms with van der Waals surface area (Å²) < 4.78 is 17.1. The highest BCUT2D eigenvalue weighted by Crippen LogP contribution is 2.32. The Hall–Kier alpha value is -2.42. The number of rotatable bonds is 6. The lowest BCUT2D eigenvalue weighted by atomic mass is 10.2. The number of hydrogen-bond donors (Lipinski definition) is 1. The molecule has 25 heavy (non-hydrogen) atoms. The topological polar surface area (TPSA) is 101 Å². The molecule has 0 fully saturated rings. The van der Waals surface area contributed by atoms with E-state index in [-0.39, 0.29) is 11.7 Å². The standard InChI is InChI=1S/C16H22N4O4S/c1-16(2,3)24-13(21)9-25-15-19-18-14(20(15)17)10-6-7-11(22-4)12(8-10)23-5/h6-8H,9,17H2,1-5H3. The summed E-state index contributed by atoms with van der Waals surface area (Å²) in [6.07, 6.45) is 0. The lowest BCUT2D eigenvalue weighted by Crippen LogP contribution is -2.25. The number of nitrogen functional groups attached to an aromatic ring is 1. The second-order valence-corrected chi connectivity index (χ2v) is 7.06. The van der Waals surface area contributed by atoms with Crippen LogP contribution in [0.25, 0.3) is 11.4 Å². The summed E-state index contributed by atoms with van der Waals surface area (Å²) >= 11 is 1.16. The average Bonchev–Trinajstić information content (AvgIpc) is 2.91. The Morgan fingerprint density at radius 1 is 1.20 bits per heavy atom. The van der Waals surface area contributed by atoms with Crippen LogP contribution in [0, 0.1) is 0 Å². The van der Waals surface area contributed by atoms with Crippen molar-refractivity contribution in [2.75, 3.05) is 25.8 Å². The Labute approximate surface area is 150 Å². The van der Waals surface area contributed by atoms with Gasteiger partial charge in [0.2, 0.25) is 5.16 Å². The molecular weight excluding hydrogens is 344 g/mol. The maximum atomic E-state index is 11.8. The molecule has 0 saturated carbocycles. The van der Waals surface area contributed by atoms with E-state index in [0.717, 1.165) is 17.3 Å². The molecule has 1 heterocycles. The van der Waals surface area contributed by atoms with Crippen molar-refractivity contribution in [1.29, 1.82) is 0 Å². The highest BCUT2D eigenvalue weighted by atomic mass is 32.2. The summed E-state index contributed by atoms with van der Waals surface area (Å²) in [7, 11) is 3.12. The molecule has 0 saturated heterocycles. The number of benzene rings is 1. The quantitative estimate of drug-likeness (QED) is 0.471. The van der Waals surface area contributed by atoms with Crippen molar-refractivity contribution >= 4 is 17.7 Å². The van der Waals surface area contributed by atoms with Gasteiger partial charge in [0.15, 0.2) is 17.3 Å². The second-order valence-electron chi connectivity index (χ2n) is 6.12. The average molecular weight is 366 g/mol. The number of hydrogen-bond acceptors (Lipinski definition) is 8. The van der Waals surface area contributed by atoms with Crippen molar-refractivity contribution in [1.82, 2.24) is 14.9 Å². The zero-order chi connectivity index (χ0) is 18.6. The Kier molecular flexibility index (Phi) is 5.78. The largest absolute Gasteiger partial charge is 0.493 e. The number of carbonyl (C=O) groups excluding carboxylic acids is 1. The summed E-state index contributed by atoms with van der Waals surface area (Å²) in [5.41, 5.74) is 0.190. The Balaban J connectivity index is 2.14. The smallest absolute Gasteiger partial charge is 0.316 e. The monoisotopic (exact) mass is 366 g/mol. The molecule has 0 bridgehead atoms. The fraction of sp³-hybridized carbons (Fsp3) is 0.438. The zero-order valence-corrected chi connectivity index (χ0v) is 15.7. The number of nitrogens with two attached hydrogens (primary N) is 1. The molecule has 8 nitrogen and oxygen atoms in total. The predicted octanol–water partition coefficient (Wildman–Crippen LogP) is 2.11. The normalized spacial score (nSPS) is 11.2. The molecule has 0 unspecified atom stereocenters. The van der Waals surface area contributed by atoms with E-state index in [0.29, 0.717) is 22.5 Å². The van der Waals surface area contributed by atoms with E-state index in [2.05, 4.69) is 10.2 Å². The SMILES string of the molecule is COc1ccc(-c2nnc(SCC(=O)OC(C)(C)C)n2N)cc1OC. The first-order chi connectivity index (χ1) is 11.7. The first-order valence-electron chi connectivity index (χ1n) is 7.52. The van der Waals surface area contributed by atoms with Gasteiger partial charge in [-0.3, -0.25) is 4.79 Å². The van der Waals surface area contributed by atoms with Crippen molar-refractivity contribution < 1.29 is 19.0 Å². The molecular formula is C16H22N4O4S. The van der Waals surface area contributed by atoms with E-state index in [1.165, 1.54) is 4.68 Å². The second kappa shape index (κ2) is 7.64. The van der Waals surface area contributed by atoms with Crippen LogP contribution in [0.2, 0.25) is 0 Å². The van der Waals surface area contributed by atoms with E-state index in [4.69, 9.17) is 20.1 Å². The molecule has 2 aromatic rings. The number of nitrogens with zero attached hydrogens (tertiary/aromatic N) is 3. The van der Waals surface area contributed by atoms with Crippen LogP contribution in [0.4, 0.5) is 0 Å². The minimum absolute atomic E-state index is 0.0958. The molecule has 9 heteroatoms. The lowest BCUT2D eigenvalue weighted by molar-refractivity contribution is -0.151. The lowest BCUT2D eigenvalue weighted by Gasteiger charge is -2.19. The summed E-state index contributed by atoms with van der Waals surface area (Å²) in [5, 5.41) is 8.53. The van der Waals surface area contributed by atoms with Crippen molar-refractivity contribution in [3.8, 4) is 22.9 Å². The van der Waals surface area contributed by atoms with Crippen LogP contribution in [0.1, 0.15) is 20.8 Å². The van der Waals surface area contributed by atoms with Crippen LogP contribution in [0.15, 0.2) is 23.4 Å². The summed E-state index contributed by atoms with van der Waals surface area (Å²) in [6, 6.07) is 5.32. The van der Waals surface area contributed by atoms with Crippen LogP contribution in [-0.2, 0) is 9.53 Å². The molecule has 0 radical (unpaired) electrons. The van der Waals surface area contributed by atoms with Gasteiger partial charge < -0.3 is 20.1 Å². The highest BCUT2D eigenvalue weighted by molar-refractivity contribution is 7.99. The van der Waals surface area contributed by atoms with Gasteiger partial charge in [-0.15, -0.1) is 10.2 Å². The van der Waals surface area contributed by atoms with Gasteiger partial charge in [-0.05, 0) is 39.0 Å².